The molecule has 1 amide bonds. The second-order valence-electron chi connectivity index (χ2n) is 6.34. The highest BCUT2D eigenvalue weighted by Crippen LogP contribution is 2.22. The minimum atomic E-state index is -0.719. The summed E-state index contributed by atoms with van der Waals surface area (Å²) in [7, 11) is 2.03. The fourth-order valence-electron chi connectivity index (χ4n) is 2.73. The van der Waals surface area contributed by atoms with E-state index in [2.05, 4.69) is 16.3 Å². The molecule has 1 saturated heterocycles. The topological polar surface area (TPSA) is 65.4 Å². The third kappa shape index (κ3) is 4.46. The van der Waals surface area contributed by atoms with Gasteiger partial charge in [-0.15, -0.1) is 0 Å². The van der Waals surface area contributed by atoms with Gasteiger partial charge in [-0.05, 0) is 50.9 Å². The Kier molecular flexibility index (Phi) is 5.62. The van der Waals surface area contributed by atoms with Crippen LogP contribution in [0.3, 0.4) is 0 Å². The molecule has 1 aliphatic heterocycles. The lowest BCUT2D eigenvalue weighted by Gasteiger charge is -2.36. The molecule has 5 heteroatoms. The number of rotatable bonds is 5. The summed E-state index contributed by atoms with van der Waals surface area (Å²) in [4.78, 5) is 14.3. The van der Waals surface area contributed by atoms with E-state index in [-0.39, 0.29) is 12.3 Å². The average molecular weight is 315 g/mol. The second kappa shape index (κ2) is 7.47. The molecule has 1 fully saturated rings. The first-order valence-corrected chi connectivity index (χ1v) is 8.05. The molecule has 5 nitrogen and oxygen atoms in total. The molecule has 0 unspecified atom stereocenters. The van der Waals surface area contributed by atoms with Crippen LogP contribution in [-0.2, 0) is 4.79 Å². The number of nitrogens with one attached hydrogen (secondary N) is 1. The number of nitrogens with zero attached hydrogens (tertiary/aromatic N) is 2. The minimum Gasteiger partial charge on any atom is -0.493 e. The first kappa shape index (κ1) is 17.3. The zero-order valence-electron chi connectivity index (χ0n) is 14.2. The zero-order valence-corrected chi connectivity index (χ0v) is 14.2. The molecule has 0 spiro atoms. The van der Waals surface area contributed by atoms with E-state index in [9.17, 15) is 10.1 Å². The highest BCUT2D eigenvalue weighted by Gasteiger charge is 2.35. The second-order valence-corrected chi connectivity index (χ2v) is 6.34. The molecule has 1 aromatic carbocycles. The number of likely N-dealkylation sites (tertiary alicyclic amines) is 1. The molecule has 1 aromatic rings. The third-order valence-corrected chi connectivity index (χ3v) is 4.57. The van der Waals surface area contributed by atoms with E-state index in [0.29, 0.717) is 19.4 Å². The fraction of sp³-hybridized carbons (Fsp3) is 0.556. The maximum absolute atomic E-state index is 12.1. The monoisotopic (exact) mass is 315 g/mol. The van der Waals surface area contributed by atoms with Gasteiger partial charge in [-0.3, -0.25) is 4.79 Å². The van der Waals surface area contributed by atoms with Gasteiger partial charge in [-0.2, -0.15) is 5.26 Å². The van der Waals surface area contributed by atoms with Gasteiger partial charge >= 0.3 is 0 Å². The van der Waals surface area contributed by atoms with Crippen LogP contribution in [-0.4, -0.2) is 43.1 Å². The van der Waals surface area contributed by atoms with Gasteiger partial charge in [0, 0.05) is 13.1 Å². The van der Waals surface area contributed by atoms with Gasteiger partial charge in [0.25, 0.3) is 0 Å². The number of hydrogen-bond acceptors (Lipinski definition) is 4. The largest absolute Gasteiger partial charge is 0.493 e. The Hall–Kier alpha value is -2.06. The Morgan fingerprint density at radius 1 is 1.39 bits per heavy atom. The summed E-state index contributed by atoms with van der Waals surface area (Å²) in [5.74, 6) is 0.688. The standard InChI is InChI=1S/C18H25N3O2/c1-14-5-4-6-16(15(14)2)23-12-7-17(22)20-18(13-19)8-10-21(3)11-9-18/h4-6H,7-12H2,1-3H3,(H,20,22). The van der Waals surface area contributed by atoms with E-state index in [0.717, 1.165) is 24.4 Å². The van der Waals surface area contributed by atoms with Crippen LogP contribution in [0.1, 0.15) is 30.4 Å². The number of nitriles is 1. The first-order chi connectivity index (χ1) is 11.0. The van der Waals surface area contributed by atoms with Crippen molar-refractivity contribution in [3.63, 3.8) is 0 Å². The van der Waals surface area contributed by atoms with Crippen LogP contribution in [0.25, 0.3) is 0 Å². The molecule has 1 aliphatic rings. The smallest absolute Gasteiger partial charge is 0.224 e. The Morgan fingerprint density at radius 3 is 2.74 bits per heavy atom. The molecule has 23 heavy (non-hydrogen) atoms. The number of carbonyl (C=O) groups is 1. The number of ether oxygens (including phenoxy) is 1. The summed E-state index contributed by atoms with van der Waals surface area (Å²) < 4.78 is 5.71. The lowest BCUT2D eigenvalue weighted by molar-refractivity contribution is -0.123. The normalized spacial score (nSPS) is 17.3. The van der Waals surface area contributed by atoms with Crippen LogP contribution in [0.4, 0.5) is 0 Å². The summed E-state index contributed by atoms with van der Waals surface area (Å²) in [6, 6.07) is 8.18. The SMILES string of the molecule is Cc1cccc(OCCC(=O)NC2(C#N)CCN(C)CC2)c1C. The van der Waals surface area contributed by atoms with Gasteiger partial charge in [-0.25, -0.2) is 0 Å². The van der Waals surface area contributed by atoms with Crippen molar-refractivity contribution >= 4 is 5.91 Å². The van der Waals surface area contributed by atoms with Crippen LogP contribution < -0.4 is 10.1 Å². The van der Waals surface area contributed by atoms with Crippen LogP contribution in [0.2, 0.25) is 0 Å². The van der Waals surface area contributed by atoms with Crippen LogP contribution >= 0.6 is 0 Å². The van der Waals surface area contributed by atoms with Crippen LogP contribution in [0, 0.1) is 25.2 Å². The fourth-order valence-corrected chi connectivity index (χ4v) is 2.73. The van der Waals surface area contributed by atoms with Gasteiger partial charge < -0.3 is 15.0 Å². The molecule has 0 aliphatic carbocycles. The van der Waals surface area contributed by atoms with E-state index in [1.165, 1.54) is 5.56 Å². The van der Waals surface area contributed by atoms with Crippen molar-refractivity contribution in [2.75, 3.05) is 26.7 Å². The zero-order chi connectivity index (χ0) is 16.9. The quantitative estimate of drug-likeness (QED) is 0.904. The van der Waals surface area contributed by atoms with E-state index >= 15 is 0 Å². The number of benzene rings is 1. The van der Waals surface area contributed by atoms with E-state index in [1.54, 1.807) is 0 Å². The summed E-state index contributed by atoms with van der Waals surface area (Å²) in [6.07, 6.45) is 1.60. The van der Waals surface area contributed by atoms with Crippen molar-refractivity contribution in [2.24, 2.45) is 0 Å². The van der Waals surface area contributed by atoms with Gasteiger partial charge in [0.2, 0.25) is 5.91 Å². The maximum atomic E-state index is 12.1. The highest BCUT2D eigenvalue weighted by atomic mass is 16.5. The van der Waals surface area contributed by atoms with Crippen molar-refractivity contribution in [1.29, 1.82) is 5.26 Å². The lowest BCUT2D eigenvalue weighted by Crippen LogP contribution is -2.54. The van der Waals surface area contributed by atoms with E-state index in [1.807, 2.05) is 39.1 Å². The van der Waals surface area contributed by atoms with Gasteiger partial charge in [0.05, 0.1) is 19.1 Å². The predicted molar refractivity (Wildman–Crippen MR) is 89.2 cm³/mol. The van der Waals surface area contributed by atoms with Gasteiger partial charge in [0.15, 0.2) is 0 Å². The molecule has 1 heterocycles. The Labute approximate surface area is 138 Å². The molecular weight excluding hydrogens is 290 g/mol. The van der Waals surface area contributed by atoms with E-state index < -0.39 is 5.54 Å². The van der Waals surface area contributed by atoms with Crippen molar-refractivity contribution in [2.45, 2.75) is 38.6 Å². The first-order valence-electron chi connectivity index (χ1n) is 8.05. The predicted octanol–water partition coefficient (Wildman–Crippen LogP) is 2.18. The minimum absolute atomic E-state index is 0.124. The maximum Gasteiger partial charge on any atom is 0.224 e. The molecule has 1 N–H and O–H groups in total. The molecule has 124 valence electrons. The number of aryl methyl sites for hydroxylation is 1. The molecule has 0 saturated carbocycles. The van der Waals surface area contributed by atoms with Crippen molar-refractivity contribution < 1.29 is 9.53 Å². The van der Waals surface area contributed by atoms with Crippen molar-refractivity contribution in [3.05, 3.63) is 29.3 Å². The Morgan fingerprint density at radius 2 is 2.09 bits per heavy atom. The van der Waals surface area contributed by atoms with Crippen molar-refractivity contribution in [1.82, 2.24) is 10.2 Å². The highest BCUT2D eigenvalue weighted by molar-refractivity contribution is 5.77. The number of carbonyl (C=O) groups excluding carboxylic acids is 1. The van der Waals surface area contributed by atoms with Gasteiger partial charge in [0.1, 0.15) is 11.3 Å². The Balaban J connectivity index is 1.83. The molecule has 2 rings (SSSR count). The average Bonchev–Trinajstić information content (AvgIpc) is 2.54. The molecule has 0 atom stereocenters. The summed E-state index contributed by atoms with van der Waals surface area (Å²) in [5, 5.41) is 12.3. The van der Waals surface area contributed by atoms with Crippen LogP contribution in [0.15, 0.2) is 18.2 Å². The molecular formula is C18H25N3O2. The van der Waals surface area contributed by atoms with Gasteiger partial charge in [-0.1, -0.05) is 12.1 Å². The lowest BCUT2D eigenvalue weighted by atomic mass is 9.89. The summed E-state index contributed by atoms with van der Waals surface area (Å²) >= 11 is 0. The molecule has 0 bridgehead atoms. The Bertz CT molecular complexity index is 599. The number of hydrogen-bond donors (Lipinski definition) is 1. The van der Waals surface area contributed by atoms with E-state index in [4.69, 9.17) is 4.74 Å². The number of piperidine rings is 1. The number of amides is 1. The summed E-state index contributed by atoms with van der Waals surface area (Å²) in [6.45, 7) is 6.01. The third-order valence-electron chi connectivity index (χ3n) is 4.57. The summed E-state index contributed by atoms with van der Waals surface area (Å²) in [5.41, 5.74) is 1.54. The molecule has 0 aromatic heterocycles. The van der Waals surface area contributed by atoms with Crippen molar-refractivity contribution in [3.8, 4) is 11.8 Å². The molecule has 0 radical (unpaired) electrons. The van der Waals surface area contributed by atoms with Crippen LogP contribution in [0.5, 0.6) is 5.75 Å².